The van der Waals surface area contributed by atoms with Gasteiger partial charge in [0.25, 0.3) is 5.91 Å². The number of aryl methyl sites for hydroxylation is 2. The number of nitrogens with two attached hydrogens (primary N) is 1. The van der Waals surface area contributed by atoms with E-state index in [-0.39, 0.29) is 11.9 Å². The minimum Gasteiger partial charge on any atom is -0.332 e. The van der Waals surface area contributed by atoms with E-state index in [1.165, 1.54) is 11.1 Å². The molecule has 2 rings (SSSR count). The molecule has 0 radical (unpaired) electrons. The quantitative estimate of drug-likeness (QED) is 0.746. The number of nitrogens with one attached hydrogen (secondary N) is 1. The SMILES string of the molecule is CC[C@@H](C)c1ccc([C@@H]([NH2+]CC(=O)Nc2c(C)nn(C)c2C)C(C)C)cc1. The molecule has 27 heavy (non-hydrogen) atoms. The summed E-state index contributed by atoms with van der Waals surface area (Å²) in [6.07, 6.45) is 1.15. The summed E-state index contributed by atoms with van der Waals surface area (Å²) in [5.74, 6) is 1.03. The lowest BCUT2D eigenvalue weighted by atomic mass is 9.92. The smallest absolute Gasteiger partial charge is 0.279 e. The van der Waals surface area contributed by atoms with Crippen molar-refractivity contribution in [3.05, 3.63) is 46.8 Å². The Balaban J connectivity index is 2.03. The van der Waals surface area contributed by atoms with E-state index < -0.39 is 0 Å². The Morgan fingerprint density at radius 3 is 2.22 bits per heavy atom. The van der Waals surface area contributed by atoms with Gasteiger partial charge in [-0.2, -0.15) is 5.10 Å². The number of amides is 1. The Hall–Kier alpha value is -2.14. The Morgan fingerprint density at radius 2 is 1.74 bits per heavy atom. The van der Waals surface area contributed by atoms with Crippen molar-refractivity contribution >= 4 is 11.6 Å². The van der Waals surface area contributed by atoms with Crippen molar-refractivity contribution in [2.75, 3.05) is 11.9 Å². The van der Waals surface area contributed by atoms with Crippen LogP contribution in [0.15, 0.2) is 24.3 Å². The number of nitrogens with zero attached hydrogens (tertiary/aromatic N) is 2. The molecule has 0 saturated carbocycles. The monoisotopic (exact) mass is 371 g/mol. The summed E-state index contributed by atoms with van der Waals surface area (Å²) in [6, 6.07) is 9.16. The van der Waals surface area contributed by atoms with E-state index >= 15 is 0 Å². The van der Waals surface area contributed by atoms with Gasteiger partial charge in [-0.25, -0.2) is 0 Å². The largest absolute Gasteiger partial charge is 0.332 e. The van der Waals surface area contributed by atoms with Gasteiger partial charge >= 0.3 is 0 Å². The molecule has 1 amide bonds. The van der Waals surface area contributed by atoms with Crippen molar-refractivity contribution in [1.29, 1.82) is 0 Å². The second-order valence-electron chi connectivity index (χ2n) is 7.90. The third-order valence-electron chi connectivity index (χ3n) is 5.55. The van der Waals surface area contributed by atoms with Crippen molar-refractivity contribution in [3.8, 4) is 0 Å². The van der Waals surface area contributed by atoms with E-state index in [1.54, 1.807) is 4.68 Å². The maximum atomic E-state index is 12.5. The minimum atomic E-state index is 0.0103. The third-order valence-corrected chi connectivity index (χ3v) is 5.55. The zero-order valence-corrected chi connectivity index (χ0v) is 17.8. The first-order chi connectivity index (χ1) is 12.7. The number of anilines is 1. The molecular formula is C22H35N4O+. The normalized spacial score (nSPS) is 13.6. The van der Waals surface area contributed by atoms with Crippen LogP contribution in [0.3, 0.4) is 0 Å². The number of rotatable bonds is 8. The number of carbonyl (C=O) groups excluding carboxylic acids is 1. The average Bonchev–Trinajstić information content (AvgIpc) is 2.87. The number of hydrogen-bond acceptors (Lipinski definition) is 2. The molecule has 0 bridgehead atoms. The van der Waals surface area contributed by atoms with Crippen LogP contribution >= 0.6 is 0 Å². The lowest BCUT2D eigenvalue weighted by molar-refractivity contribution is -0.692. The molecule has 0 aliphatic carbocycles. The molecule has 0 unspecified atom stereocenters. The zero-order chi connectivity index (χ0) is 20.1. The van der Waals surface area contributed by atoms with Gasteiger partial charge in [-0.05, 0) is 31.7 Å². The molecular weight excluding hydrogens is 336 g/mol. The van der Waals surface area contributed by atoms with E-state index in [0.29, 0.717) is 18.4 Å². The van der Waals surface area contributed by atoms with E-state index in [1.807, 2.05) is 20.9 Å². The number of carbonyl (C=O) groups is 1. The Bertz CT molecular complexity index is 761. The van der Waals surface area contributed by atoms with Crippen LogP contribution in [0.2, 0.25) is 0 Å². The van der Waals surface area contributed by atoms with Gasteiger partial charge in [0.15, 0.2) is 6.54 Å². The zero-order valence-electron chi connectivity index (χ0n) is 17.8. The average molecular weight is 372 g/mol. The predicted octanol–water partition coefficient (Wildman–Crippen LogP) is 3.45. The maximum Gasteiger partial charge on any atom is 0.279 e. The maximum absolute atomic E-state index is 12.5. The van der Waals surface area contributed by atoms with E-state index in [4.69, 9.17) is 0 Å². The summed E-state index contributed by atoms with van der Waals surface area (Å²) in [6.45, 7) is 13.2. The fraction of sp³-hybridized carbons (Fsp3) is 0.545. The Morgan fingerprint density at radius 1 is 1.15 bits per heavy atom. The van der Waals surface area contributed by atoms with E-state index in [2.05, 4.69) is 67.7 Å². The van der Waals surface area contributed by atoms with Crippen LogP contribution < -0.4 is 10.6 Å². The van der Waals surface area contributed by atoms with Crippen LogP contribution in [-0.4, -0.2) is 22.2 Å². The number of aromatic nitrogens is 2. The Kier molecular flexibility index (Phi) is 7.19. The highest BCUT2D eigenvalue weighted by atomic mass is 16.1. The molecule has 1 aromatic carbocycles. The van der Waals surface area contributed by atoms with Crippen molar-refractivity contribution in [1.82, 2.24) is 9.78 Å². The predicted molar refractivity (Wildman–Crippen MR) is 111 cm³/mol. The molecule has 0 aliphatic rings. The molecule has 3 N–H and O–H groups in total. The van der Waals surface area contributed by atoms with Gasteiger partial charge in [0.05, 0.1) is 17.1 Å². The van der Waals surface area contributed by atoms with Gasteiger partial charge in [0, 0.05) is 18.5 Å². The Labute approximate surface area is 163 Å². The van der Waals surface area contributed by atoms with Gasteiger partial charge in [0.2, 0.25) is 0 Å². The first-order valence-electron chi connectivity index (χ1n) is 9.97. The van der Waals surface area contributed by atoms with Crippen molar-refractivity contribution in [2.24, 2.45) is 13.0 Å². The molecule has 148 valence electrons. The highest BCUT2D eigenvalue weighted by Gasteiger charge is 2.21. The standard InChI is InChI=1S/C22H34N4O/c1-8-15(4)18-9-11-19(12-10-18)21(14(2)3)23-13-20(27)24-22-16(5)25-26(7)17(22)6/h9-12,14-15,21,23H,8,13H2,1-7H3,(H,24,27)/p+1/t15-,21+/m1/s1. The molecule has 0 aliphatic heterocycles. The summed E-state index contributed by atoms with van der Waals surface area (Å²) in [4.78, 5) is 12.5. The molecule has 1 heterocycles. The summed E-state index contributed by atoms with van der Waals surface area (Å²) in [7, 11) is 1.89. The lowest BCUT2D eigenvalue weighted by Gasteiger charge is -2.20. The highest BCUT2D eigenvalue weighted by Crippen LogP contribution is 2.23. The summed E-state index contributed by atoms with van der Waals surface area (Å²) < 4.78 is 1.80. The van der Waals surface area contributed by atoms with Crippen molar-refractivity contribution < 1.29 is 10.1 Å². The third kappa shape index (κ3) is 5.19. The van der Waals surface area contributed by atoms with Crippen LogP contribution in [0, 0.1) is 19.8 Å². The summed E-state index contributed by atoms with van der Waals surface area (Å²) in [5.41, 5.74) is 5.31. The first kappa shape index (κ1) is 21.2. The van der Waals surface area contributed by atoms with Crippen molar-refractivity contribution in [3.63, 3.8) is 0 Å². The molecule has 5 heteroatoms. The molecule has 1 aromatic heterocycles. The molecule has 2 atom stereocenters. The molecule has 5 nitrogen and oxygen atoms in total. The van der Waals surface area contributed by atoms with Crippen LogP contribution in [0.4, 0.5) is 5.69 Å². The number of quaternary nitrogens is 1. The van der Waals surface area contributed by atoms with Crippen LogP contribution in [-0.2, 0) is 11.8 Å². The van der Waals surface area contributed by atoms with E-state index in [9.17, 15) is 4.79 Å². The van der Waals surface area contributed by atoms with Gasteiger partial charge in [-0.3, -0.25) is 9.48 Å². The molecule has 0 spiro atoms. The molecule has 2 aromatic rings. The fourth-order valence-corrected chi connectivity index (χ4v) is 3.45. The van der Waals surface area contributed by atoms with Gasteiger partial charge < -0.3 is 10.6 Å². The van der Waals surface area contributed by atoms with E-state index in [0.717, 1.165) is 23.5 Å². The number of benzene rings is 1. The van der Waals surface area contributed by atoms with Gasteiger partial charge in [-0.15, -0.1) is 0 Å². The molecule has 0 saturated heterocycles. The second kappa shape index (κ2) is 9.18. The first-order valence-corrected chi connectivity index (χ1v) is 9.97. The minimum absolute atomic E-state index is 0.0103. The summed E-state index contributed by atoms with van der Waals surface area (Å²) >= 11 is 0. The summed E-state index contributed by atoms with van der Waals surface area (Å²) in [5, 5.41) is 9.52. The van der Waals surface area contributed by atoms with Crippen LogP contribution in [0.1, 0.15) is 68.6 Å². The van der Waals surface area contributed by atoms with Crippen molar-refractivity contribution in [2.45, 2.75) is 59.9 Å². The van der Waals surface area contributed by atoms with Gasteiger partial charge in [0.1, 0.15) is 6.04 Å². The number of hydrogen-bond donors (Lipinski definition) is 2. The van der Waals surface area contributed by atoms with Gasteiger partial charge in [-0.1, -0.05) is 52.0 Å². The topological polar surface area (TPSA) is 63.5 Å². The van der Waals surface area contributed by atoms with Crippen LogP contribution in [0.25, 0.3) is 0 Å². The highest BCUT2D eigenvalue weighted by molar-refractivity contribution is 5.92. The lowest BCUT2D eigenvalue weighted by Crippen LogP contribution is -2.88. The molecule has 0 fully saturated rings. The fourth-order valence-electron chi connectivity index (χ4n) is 3.45. The second-order valence-corrected chi connectivity index (χ2v) is 7.90. The van der Waals surface area contributed by atoms with Crippen LogP contribution in [0.5, 0.6) is 0 Å².